The molecule has 0 fully saturated rings. The zero-order valence-electron chi connectivity index (χ0n) is 14.9. The molecule has 2 rings (SSSR count). The highest BCUT2D eigenvalue weighted by Crippen LogP contribution is 2.28. The van der Waals surface area contributed by atoms with Crippen molar-refractivity contribution in [1.82, 2.24) is 0 Å². The first-order valence-electron chi connectivity index (χ1n) is 8.21. The number of carboxylic acids is 1. The fraction of sp³-hybridized carbons (Fsp3) is 0.350. The summed E-state index contributed by atoms with van der Waals surface area (Å²) >= 11 is 0. The molecule has 134 valence electrons. The molecule has 0 aliphatic rings. The summed E-state index contributed by atoms with van der Waals surface area (Å²) in [7, 11) is 1.57. The molecular weight excluding hydrogens is 320 g/mol. The Labute approximate surface area is 148 Å². The normalized spacial score (nSPS) is 10.4. The van der Waals surface area contributed by atoms with Crippen LogP contribution in [0.3, 0.4) is 0 Å². The van der Waals surface area contributed by atoms with Crippen molar-refractivity contribution in [2.75, 3.05) is 20.3 Å². The zero-order valence-corrected chi connectivity index (χ0v) is 14.9. The molecule has 5 heteroatoms. The number of aryl methyl sites for hydroxylation is 3. The number of carbonyl (C=O) groups is 1. The Hall–Kier alpha value is -2.69. The monoisotopic (exact) mass is 344 g/mol. The molecule has 25 heavy (non-hydrogen) atoms. The van der Waals surface area contributed by atoms with Gasteiger partial charge in [-0.15, -0.1) is 0 Å². The van der Waals surface area contributed by atoms with Crippen LogP contribution in [0.4, 0.5) is 0 Å². The molecule has 0 bridgehead atoms. The lowest BCUT2D eigenvalue weighted by atomic mass is 10.1. The van der Waals surface area contributed by atoms with Crippen LogP contribution >= 0.6 is 0 Å². The van der Waals surface area contributed by atoms with Crippen molar-refractivity contribution < 1.29 is 24.1 Å². The first-order valence-corrected chi connectivity index (χ1v) is 8.21. The van der Waals surface area contributed by atoms with Gasteiger partial charge in [0.1, 0.15) is 19.0 Å². The van der Waals surface area contributed by atoms with Crippen LogP contribution in [0.25, 0.3) is 0 Å². The van der Waals surface area contributed by atoms with E-state index >= 15 is 0 Å². The zero-order chi connectivity index (χ0) is 18.2. The summed E-state index contributed by atoms with van der Waals surface area (Å²) in [5.41, 5.74) is 3.31. The Morgan fingerprint density at radius 2 is 1.72 bits per heavy atom. The van der Waals surface area contributed by atoms with E-state index in [9.17, 15) is 4.79 Å². The van der Waals surface area contributed by atoms with Gasteiger partial charge in [-0.25, -0.2) is 0 Å². The molecule has 5 nitrogen and oxygen atoms in total. The third-order valence-corrected chi connectivity index (χ3v) is 3.94. The molecule has 0 aliphatic carbocycles. The molecule has 1 N–H and O–H groups in total. The van der Waals surface area contributed by atoms with E-state index in [1.54, 1.807) is 13.2 Å². The first kappa shape index (κ1) is 18.6. The lowest BCUT2D eigenvalue weighted by Gasteiger charge is -2.13. The summed E-state index contributed by atoms with van der Waals surface area (Å²) in [5.74, 6) is 1.20. The molecule has 0 aromatic heterocycles. The second-order valence-corrected chi connectivity index (χ2v) is 5.82. The van der Waals surface area contributed by atoms with E-state index in [1.807, 2.05) is 37.3 Å². The van der Waals surface area contributed by atoms with Gasteiger partial charge in [-0.05, 0) is 61.2 Å². The third kappa shape index (κ3) is 5.71. The molecular formula is C20H24O5. The largest absolute Gasteiger partial charge is 0.493 e. The van der Waals surface area contributed by atoms with E-state index in [-0.39, 0.29) is 6.42 Å². The van der Waals surface area contributed by atoms with Gasteiger partial charge in [-0.1, -0.05) is 12.1 Å². The number of rotatable bonds is 9. The highest BCUT2D eigenvalue weighted by molar-refractivity contribution is 5.67. The summed E-state index contributed by atoms with van der Waals surface area (Å²) in [5, 5.41) is 8.79. The maximum Gasteiger partial charge on any atom is 0.303 e. The lowest BCUT2D eigenvalue weighted by molar-refractivity contribution is -0.136. The quantitative estimate of drug-likeness (QED) is 0.701. The van der Waals surface area contributed by atoms with Crippen molar-refractivity contribution in [3.05, 3.63) is 53.1 Å². The van der Waals surface area contributed by atoms with Crippen molar-refractivity contribution in [3.63, 3.8) is 0 Å². The second kappa shape index (κ2) is 8.97. The number of ether oxygens (including phenoxy) is 3. The average Bonchev–Trinajstić information content (AvgIpc) is 2.60. The number of aliphatic carboxylic acids is 1. The highest BCUT2D eigenvalue weighted by Gasteiger charge is 2.08. The Kier molecular flexibility index (Phi) is 6.69. The van der Waals surface area contributed by atoms with Crippen LogP contribution in [0.2, 0.25) is 0 Å². The molecule has 0 saturated carbocycles. The van der Waals surface area contributed by atoms with Gasteiger partial charge in [0.2, 0.25) is 0 Å². The van der Waals surface area contributed by atoms with Gasteiger partial charge in [0.25, 0.3) is 0 Å². The molecule has 0 atom stereocenters. The van der Waals surface area contributed by atoms with Crippen molar-refractivity contribution in [2.24, 2.45) is 0 Å². The lowest BCUT2D eigenvalue weighted by Crippen LogP contribution is -2.10. The SMILES string of the molecule is COc1ccc(CCC(=O)O)cc1OCCOc1ccc(C)c(C)c1. The molecule has 0 spiro atoms. The van der Waals surface area contributed by atoms with Crippen molar-refractivity contribution >= 4 is 5.97 Å². The Bertz CT molecular complexity index is 724. The third-order valence-electron chi connectivity index (χ3n) is 3.94. The maximum absolute atomic E-state index is 10.7. The number of carboxylic acid groups (broad SMARTS) is 1. The minimum atomic E-state index is -0.819. The summed E-state index contributed by atoms with van der Waals surface area (Å²) in [6.45, 7) is 4.88. The van der Waals surface area contributed by atoms with Crippen LogP contribution in [0.1, 0.15) is 23.1 Å². The second-order valence-electron chi connectivity index (χ2n) is 5.82. The first-order chi connectivity index (χ1) is 12.0. The molecule has 2 aromatic carbocycles. The predicted molar refractivity (Wildman–Crippen MR) is 95.9 cm³/mol. The Morgan fingerprint density at radius 1 is 0.960 bits per heavy atom. The van der Waals surface area contributed by atoms with Gasteiger partial charge in [0.15, 0.2) is 11.5 Å². The highest BCUT2D eigenvalue weighted by atomic mass is 16.5. The average molecular weight is 344 g/mol. The molecule has 0 amide bonds. The van der Waals surface area contributed by atoms with Crippen LogP contribution in [0, 0.1) is 13.8 Å². The maximum atomic E-state index is 10.7. The Morgan fingerprint density at radius 3 is 2.40 bits per heavy atom. The number of benzene rings is 2. The summed E-state index contributed by atoms with van der Waals surface area (Å²) in [6.07, 6.45) is 0.538. The van der Waals surface area contributed by atoms with Gasteiger partial charge < -0.3 is 19.3 Å². The van der Waals surface area contributed by atoms with Gasteiger partial charge in [-0.2, -0.15) is 0 Å². The minimum absolute atomic E-state index is 0.0850. The molecule has 0 radical (unpaired) electrons. The standard InChI is InChI=1S/C20H24O5/c1-14-4-7-17(12-15(14)2)24-10-11-25-19-13-16(6-9-20(21)22)5-8-18(19)23-3/h4-5,7-8,12-13H,6,9-11H2,1-3H3,(H,21,22). The van der Waals surface area contributed by atoms with Crippen molar-refractivity contribution in [3.8, 4) is 17.2 Å². The summed E-state index contributed by atoms with van der Waals surface area (Å²) in [4.78, 5) is 10.7. The smallest absolute Gasteiger partial charge is 0.303 e. The van der Waals surface area contributed by atoms with E-state index in [4.69, 9.17) is 19.3 Å². The predicted octanol–water partition coefficient (Wildman–Crippen LogP) is 3.79. The molecule has 0 heterocycles. The molecule has 0 aliphatic heterocycles. The van der Waals surface area contributed by atoms with Crippen LogP contribution < -0.4 is 14.2 Å². The van der Waals surface area contributed by atoms with Gasteiger partial charge >= 0.3 is 5.97 Å². The van der Waals surface area contributed by atoms with E-state index < -0.39 is 5.97 Å². The van der Waals surface area contributed by atoms with Crippen molar-refractivity contribution in [1.29, 1.82) is 0 Å². The van der Waals surface area contributed by atoms with Crippen LogP contribution in [0.15, 0.2) is 36.4 Å². The fourth-order valence-corrected chi connectivity index (χ4v) is 2.36. The van der Waals surface area contributed by atoms with E-state index in [0.717, 1.165) is 11.3 Å². The Balaban J connectivity index is 1.90. The van der Waals surface area contributed by atoms with Crippen LogP contribution in [-0.4, -0.2) is 31.4 Å². The van der Waals surface area contributed by atoms with E-state index in [1.165, 1.54) is 11.1 Å². The topological polar surface area (TPSA) is 65.0 Å². The summed E-state index contributed by atoms with van der Waals surface area (Å²) < 4.78 is 16.7. The van der Waals surface area contributed by atoms with Crippen LogP contribution in [0.5, 0.6) is 17.2 Å². The van der Waals surface area contributed by atoms with Crippen LogP contribution in [-0.2, 0) is 11.2 Å². The molecule has 2 aromatic rings. The number of methoxy groups -OCH3 is 1. The molecule has 0 unspecified atom stereocenters. The van der Waals surface area contributed by atoms with E-state index in [0.29, 0.717) is 31.1 Å². The van der Waals surface area contributed by atoms with Gasteiger partial charge in [-0.3, -0.25) is 4.79 Å². The summed E-state index contributed by atoms with van der Waals surface area (Å²) in [6, 6.07) is 11.4. The van der Waals surface area contributed by atoms with Gasteiger partial charge in [0, 0.05) is 6.42 Å². The molecule has 0 saturated heterocycles. The van der Waals surface area contributed by atoms with E-state index in [2.05, 4.69) is 6.92 Å². The van der Waals surface area contributed by atoms with Gasteiger partial charge in [0.05, 0.1) is 7.11 Å². The number of hydrogen-bond acceptors (Lipinski definition) is 4. The van der Waals surface area contributed by atoms with Crippen molar-refractivity contribution in [2.45, 2.75) is 26.7 Å². The number of hydrogen-bond donors (Lipinski definition) is 1. The minimum Gasteiger partial charge on any atom is -0.493 e. The fourth-order valence-electron chi connectivity index (χ4n) is 2.36.